The van der Waals surface area contributed by atoms with Crippen LogP contribution in [0.25, 0.3) is 5.52 Å². The fourth-order valence-electron chi connectivity index (χ4n) is 2.28. The highest BCUT2D eigenvalue weighted by molar-refractivity contribution is 6.49. The average molecular weight is 347 g/mol. The Balaban J connectivity index is 2.16. The van der Waals surface area contributed by atoms with Crippen LogP contribution in [0.5, 0.6) is 5.88 Å². The second kappa shape index (κ2) is 6.46. The Morgan fingerprint density at radius 2 is 2.25 bits per heavy atom. The van der Waals surface area contributed by atoms with Crippen molar-refractivity contribution in [2.45, 2.75) is 6.92 Å². The molecule has 0 aliphatic heterocycles. The average Bonchev–Trinajstić information content (AvgIpc) is 2.93. The maximum absolute atomic E-state index is 11.8. The van der Waals surface area contributed by atoms with Crippen LogP contribution in [0, 0.1) is 0 Å². The highest BCUT2D eigenvalue weighted by Crippen LogP contribution is 2.33. The number of ketones is 1. The van der Waals surface area contributed by atoms with E-state index in [9.17, 15) is 4.79 Å². The molecule has 2 heterocycles. The van der Waals surface area contributed by atoms with Gasteiger partial charge in [0.2, 0.25) is 5.78 Å². The van der Waals surface area contributed by atoms with E-state index < -0.39 is 0 Å². The van der Waals surface area contributed by atoms with Crippen LogP contribution in [0.1, 0.15) is 6.92 Å². The Kier molecular flexibility index (Phi) is 4.37. The van der Waals surface area contributed by atoms with Crippen molar-refractivity contribution in [1.82, 2.24) is 9.61 Å². The van der Waals surface area contributed by atoms with E-state index in [1.54, 1.807) is 23.7 Å². The molecule has 0 saturated carbocycles. The van der Waals surface area contributed by atoms with Gasteiger partial charge in [-0.15, -0.1) is 5.10 Å². The normalized spacial score (nSPS) is 16.9. The fourth-order valence-corrected chi connectivity index (χ4v) is 2.52. The molecular weight excluding hydrogens is 332 g/mol. The number of aliphatic hydroxyl groups excluding tert-OH is 1. The largest absolute Gasteiger partial charge is 0.473 e. The number of halogens is 1. The van der Waals surface area contributed by atoms with E-state index in [-0.39, 0.29) is 35.6 Å². The van der Waals surface area contributed by atoms with Gasteiger partial charge in [-0.05, 0) is 25.1 Å². The molecule has 7 nitrogen and oxygen atoms in total. The van der Waals surface area contributed by atoms with Crippen LogP contribution in [0.2, 0.25) is 0 Å². The molecule has 0 bridgehead atoms. The number of carbonyl (C=O) groups is 1. The summed E-state index contributed by atoms with van der Waals surface area (Å²) in [5.74, 6) is -0.0561. The van der Waals surface area contributed by atoms with E-state index in [0.29, 0.717) is 22.5 Å². The van der Waals surface area contributed by atoms with Crippen molar-refractivity contribution < 1.29 is 14.6 Å². The second-order valence-electron chi connectivity index (χ2n) is 5.14. The molecule has 124 valence electrons. The first-order valence-electron chi connectivity index (χ1n) is 7.21. The Bertz CT molecular complexity index is 911. The molecule has 2 aromatic heterocycles. The van der Waals surface area contributed by atoms with Crippen molar-refractivity contribution in [3.63, 3.8) is 0 Å². The van der Waals surface area contributed by atoms with Crippen LogP contribution in [0.3, 0.4) is 0 Å². The van der Waals surface area contributed by atoms with Gasteiger partial charge in [0.1, 0.15) is 11.6 Å². The lowest BCUT2D eigenvalue weighted by Crippen LogP contribution is -2.20. The topological polar surface area (TPSA) is 102 Å². The van der Waals surface area contributed by atoms with Gasteiger partial charge in [-0.25, -0.2) is 9.51 Å². The van der Waals surface area contributed by atoms with E-state index in [1.165, 1.54) is 0 Å². The summed E-state index contributed by atoms with van der Waals surface area (Å²) in [7, 11) is 0. The standard InChI is InChI=1S/C16H15ClN4O3/c1-9-8-10(13(18)12(17)15(9)23)19-14-11-4-2-3-5-21(11)20-16(14)24-7-6-22/h2-5,8,22H,6-7,18H2,1H3. The van der Waals surface area contributed by atoms with Crippen LogP contribution in [-0.2, 0) is 4.79 Å². The van der Waals surface area contributed by atoms with Gasteiger partial charge in [0.25, 0.3) is 5.88 Å². The molecule has 24 heavy (non-hydrogen) atoms. The lowest BCUT2D eigenvalue weighted by Gasteiger charge is -2.12. The molecule has 0 unspecified atom stereocenters. The van der Waals surface area contributed by atoms with Gasteiger partial charge in [-0.2, -0.15) is 0 Å². The molecule has 1 aliphatic carbocycles. The van der Waals surface area contributed by atoms with Gasteiger partial charge in [0.15, 0.2) is 5.69 Å². The van der Waals surface area contributed by atoms with Crippen LogP contribution >= 0.6 is 11.6 Å². The number of aliphatic imine (C=N–C) groups is 1. The third kappa shape index (κ3) is 2.79. The van der Waals surface area contributed by atoms with E-state index in [0.717, 1.165) is 0 Å². The third-order valence-electron chi connectivity index (χ3n) is 3.47. The number of nitrogens with zero attached hydrogens (tertiary/aromatic N) is 3. The number of ether oxygens (including phenoxy) is 1. The Hall–Kier alpha value is -2.64. The Morgan fingerprint density at radius 1 is 1.46 bits per heavy atom. The van der Waals surface area contributed by atoms with Crippen molar-refractivity contribution in [2.75, 3.05) is 13.2 Å². The quantitative estimate of drug-likeness (QED) is 0.820. The van der Waals surface area contributed by atoms with Gasteiger partial charge in [0, 0.05) is 11.8 Å². The van der Waals surface area contributed by atoms with Crippen LogP contribution in [-0.4, -0.2) is 39.4 Å². The van der Waals surface area contributed by atoms with Crippen LogP contribution in [0.4, 0.5) is 5.69 Å². The molecule has 3 N–H and O–H groups in total. The number of pyridine rings is 1. The number of allylic oxidation sites excluding steroid dienone is 3. The lowest BCUT2D eigenvalue weighted by molar-refractivity contribution is -0.111. The van der Waals surface area contributed by atoms with Crippen molar-refractivity contribution in [3.05, 3.63) is 46.8 Å². The van der Waals surface area contributed by atoms with Crippen molar-refractivity contribution in [2.24, 2.45) is 10.7 Å². The summed E-state index contributed by atoms with van der Waals surface area (Å²) in [5, 5.41) is 13.2. The van der Waals surface area contributed by atoms with Gasteiger partial charge in [-0.3, -0.25) is 4.79 Å². The van der Waals surface area contributed by atoms with E-state index in [1.807, 2.05) is 18.2 Å². The molecule has 0 fully saturated rings. The zero-order valence-electron chi connectivity index (χ0n) is 12.9. The smallest absolute Gasteiger partial charge is 0.260 e. The second-order valence-corrected chi connectivity index (χ2v) is 5.52. The first-order chi connectivity index (χ1) is 11.5. The van der Waals surface area contributed by atoms with E-state index >= 15 is 0 Å². The SMILES string of the molecule is CC1=CC(=Nc2c(OCCO)nn3ccccc23)C(N)=C(Cl)C1=O. The molecule has 0 saturated heterocycles. The zero-order valence-corrected chi connectivity index (χ0v) is 13.6. The summed E-state index contributed by atoms with van der Waals surface area (Å²) in [6.45, 7) is 1.58. The number of fused-ring (bicyclic) bond motifs is 1. The van der Waals surface area contributed by atoms with Gasteiger partial charge >= 0.3 is 0 Å². The summed E-state index contributed by atoms with van der Waals surface area (Å²) < 4.78 is 7.07. The van der Waals surface area contributed by atoms with Crippen LogP contribution in [0.15, 0.2) is 51.8 Å². The molecule has 0 radical (unpaired) electrons. The minimum atomic E-state index is -0.315. The minimum absolute atomic E-state index is 0.0527. The van der Waals surface area contributed by atoms with Crippen LogP contribution < -0.4 is 10.5 Å². The fraction of sp³-hybridized carbons (Fsp3) is 0.188. The number of aromatic nitrogens is 2. The first-order valence-corrected chi connectivity index (χ1v) is 7.59. The summed E-state index contributed by atoms with van der Waals surface area (Å²) in [5.41, 5.74) is 8.00. The number of Topliss-reactive ketones (excluding diaryl/α,β-unsaturated/α-hetero) is 1. The van der Waals surface area contributed by atoms with Gasteiger partial charge in [-0.1, -0.05) is 17.7 Å². The number of aliphatic hydroxyl groups is 1. The molecule has 0 amide bonds. The molecule has 0 atom stereocenters. The van der Waals surface area contributed by atoms with Crippen molar-refractivity contribution in [1.29, 1.82) is 0 Å². The lowest BCUT2D eigenvalue weighted by atomic mass is 10.0. The molecular formula is C16H15ClN4O3. The monoisotopic (exact) mass is 346 g/mol. The summed E-state index contributed by atoms with van der Waals surface area (Å²) >= 11 is 5.99. The summed E-state index contributed by atoms with van der Waals surface area (Å²) in [6.07, 6.45) is 3.33. The number of rotatable bonds is 4. The van der Waals surface area contributed by atoms with Gasteiger partial charge in [0.05, 0.1) is 23.5 Å². The third-order valence-corrected chi connectivity index (χ3v) is 3.84. The highest BCUT2D eigenvalue weighted by Gasteiger charge is 2.23. The van der Waals surface area contributed by atoms with E-state index in [2.05, 4.69) is 10.1 Å². The van der Waals surface area contributed by atoms with E-state index in [4.69, 9.17) is 27.2 Å². The predicted octanol–water partition coefficient (Wildman–Crippen LogP) is 1.72. The molecule has 3 rings (SSSR count). The first kappa shape index (κ1) is 16.2. The zero-order chi connectivity index (χ0) is 17.3. The van der Waals surface area contributed by atoms with Crippen molar-refractivity contribution in [3.8, 4) is 5.88 Å². The van der Waals surface area contributed by atoms with Gasteiger partial charge < -0.3 is 15.6 Å². The molecule has 2 aromatic rings. The maximum atomic E-state index is 11.8. The number of hydrogen-bond acceptors (Lipinski definition) is 6. The maximum Gasteiger partial charge on any atom is 0.260 e. The molecule has 0 spiro atoms. The molecule has 1 aliphatic rings. The highest BCUT2D eigenvalue weighted by atomic mass is 35.5. The predicted molar refractivity (Wildman–Crippen MR) is 90.7 cm³/mol. The van der Waals surface area contributed by atoms with Crippen molar-refractivity contribution >= 4 is 34.3 Å². The molecule has 0 aromatic carbocycles. The summed E-state index contributed by atoms with van der Waals surface area (Å²) in [6, 6.07) is 5.49. The Morgan fingerprint density at radius 3 is 3.00 bits per heavy atom. The number of hydrogen-bond donors (Lipinski definition) is 2. The number of carbonyl (C=O) groups excluding carboxylic acids is 1. The summed E-state index contributed by atoms with van der Waals surface area (Å²) in [4.78, 5) is 16.3. The number of nitrogens with two attached hydrogens (primary N) is 1. The molecule has 8 heteroatoms. The minimum Gasteiger partial charge on any atom is -0.473 e. The Labute approximate surface area is 142 Å².